The first-order valence-electron chi connectivity index (χ1n) is 8.51. The Morgan fingerprint density at radius 2 is 2.08 bits per heavy atom. The van der Waals surface area contributed by atoms with Crippen molar-refractivity contribution in [2.24, 2.45) is 5.92 Å². The van der Waals surface area contributed by atoms with Crippen LogP contribution in [0.5, 0.6) is 5.75 Å². The van der Waals surface area contributed by atoms with E-state index in [0.717, 1.165) is 37.4 Å². The number of amides is 1. The smallest absolute Gasteiger partial charge is 0.228 e. The molecular weight excluding hydrogens is 336 g/mol. The lowest BCUT2D eigenvalue weighted by atomic mass is 9.99. The van der Waals surface area contributed by atoms with Crippen molar-refractivity contribution in [2.75, 3.05) is 18.4 Å². The lowest BCUT2D eigenvalue weighted by molar-refractivity contribution is -0.120. The van der Waals surface area contributed by atoms with Gasteiger partial charge < -0.3 is 15.4 Å². The molecule has 0 aliphatic carbocycles. The molecule has 1 fully saturated rings. The number of carbonyl (C=O) groups is 1. The molecule has 0 radical (unpaired) electrons. The zero-order valence-corrected chi connectivity index (χ0v) is 15.3. The van der Waals surface area contributed by atoms with Gasteiger partial charge in [0.15, 0.2) is 0 Å². The summed E-state index contributed by atoms with van der Waals surface area (Å²) in [7, 11) is 0. The molecule has 1 heterocycles. The molecule has 4 nitrogen and oxygen atoms in total. The first-order valence-corrected chi connectivity index (χ1v) is 8.51. The van der Waals surface area contributed by atoms with Crippen molar-refractivity contribution in [2.45, 2.75) is 26.4 Å². The second-order valence-corrected chi connectivity index (χ2v) is 6.28. The van der Waals surface area contributed by atoms with Crippen LogP contribution in [-0.2, 0) is 11.4 Å². The van der Waals surface area contributed by atoms with Gasteiger partial charge in [0.25, 0.3) is 0 Å². The molecule has 0 spiro atoms. The summed E-state index contributed by atoms with van der Waals surface area (Å²) in [5.41, 5.74) is 3.17. The van der Waals surface area contributed by atoms with Crippen LogP contribution in [0.4, 0.5) is 5.69 Å². The molecule has 2 aromatic carbocycles. The van der Waals surface area contributed by atoms with E-state index in [-0.39, 0.29) is 24.2 Å². The van der Waals surface area contributed by atoms with Crippen molar-refractivity contribution in [3.05, 3.63) is 59.7 Å². The second kappa shape index (κ2) is 9.44. The van der Waals surface area contributed by atoms with Crippen LogP contribution in [0.3, 0.4) is 0 Å². The van der Waals surface area contributed by atoms with Crippen LogP contribution in [0.2, 0.25) is 0 Å². The number of nitrogens with one attached hydrogen (secondary N) is 2. The van der Waals surface area contributed by atoms with E-state index < -0.39 is 0 Å². The van der Waals surface area contributed by atoms with Gasteiger partial charge in [-0.3, -0.25) is 4.79 Å². The molecule has 1 aliphatic heterocycles. The Morgan fingerprint density at radius 1 is 1.24 bits per heavy atom. The van der Waals surface area contributed by atoms with E-state index in [1.54, 1.807) is 0 Å². The van der Waals surface area contributed by atoms with Crippen LogP contribution in [0.15, 0.2) is 48.5 Å². The van der Waals surface area contributed by atoms with Crippen molar-refractivity contribution in [1.29, 1.82) is 0 Å². The summed E-state index contributed by atoms with van der Waals surface area (Å²) >= 11 is 0. The number of carbonyl (C=O) groups excluding carboxylic acids is 1. The molecule has 0 bridgehead atoms. The fourth-order valence-corrected chi connectivity index (χ4v) is 2.92. The summed E-state index contributed by atoms with van der Waals surface area (Å²) in [5, 5.41) is 6.27. The van der Waals surface area contributed by atoms with E-state index >= 15 is 0 Å². The van der Waals surface area contributed by atoms with Gasteiger partial charge >= 0.3 is 0 Å². The van der Waals surface area contributed by atoms with Gasteiger partial charge in [-0.05, 0) is 49.6 Å². The minimum absolute atomic E-state index is 0. The summed E-state index contributed by atoms with van der Waals surface area (Å²) in [6.07, 6.45) is 2.00. The van der Waals surface area contributed by atoms with Crippen LogP contribution in [0, 0.1) is 12.8 Å². The first-order chi connectivity index (χ1) is 11.7. The van der Waals surface area contributed by atoms with Crippen molar-refractivity contribution >= 4 is 24.0 Å². The fraction of sp³-hybridized carbons (Fsp3) is 0.350. The monoisotopic (exact) mass is 360 g/mol. The Hall–Kier alpha value is -2.04. The number of hydrogen-bond donors (Lipinski definition) is 2. The van der Waals surface area contributed by atoms with Crippen LogP contribution >= 0.6 is 12.4 Å². The minimum atomic E-state index is 0. The maximum absolute atomic E-state index is 12.3. The first kappa shape index (κ1) is 19.3. The van der Waals surface area contributed by atoms with E-state index in [1.165, 1.54) is 11.1 Å². The Labute approximate surface area is 155 Å². The van der Waals surface area contributed by atoms with Crippen molar-refractivity contribution in [1.82, 2.24) is 5.32 Å². The predicted molar refractivity (Wildman–Crippen MR) is 103 cm³/mol. The van der Waals surface area contributed by atoms with Gasteiger partial charge in [0, 0.05) is 18.3 Å². The maximum Gasteiger partial charge on any atom is 0.228 e. The van der Waals surface area contributed by atoms with Crippen molar-refractivity contribution < 1.29 is 9.53 Å². The predicted octanol–water partition coefficient (Wildman–Crippen LogP) is 3.93. The number of rotatable bonds is 5. The molecule has 0 aromatic heterocycles. The van der Waals surface area contributed by atoms with Gasteiger partial charge in [0.2, 0.25) is 5.91 Å². The van der Waals surface area contributed by atoms with Gasteiger partial charge in [-0.1, -0.05) is 30.3 Å². The normalized spacial score (nSPS) is 16.6. The van der Waals surface area contributed by atoms with Crippen LogP contribution in [0.25, 0.3) is 0 Å². The fourth-order valence-electron chi connectivity index (χ4n) is 2.92. The van der Waals surface area contributed by atoms with E-state index in [9.17, 15) is 4.79 Å². The van der Waals surface area contributed by atoms with E-state index in [4.69, 9.17) is 4.74 Å². The number of benzene rings is 2. The number of anilines is 1. The molecule has 2 aromatic rings. The van der Waals surface area contributed by atoms with Gasteiger partial charge in [-0.15, -0.1) is 12.4 Å². The molecule has 134 valence electrons. The third-order valence-electron chi connectivity index (χ3n) is 4.42. The topological polar surface area (TPSA) is 50.4 Å². The number of hydrogen-bond acceptors (Lipinski definition) is 3. The second-order valence-electron chi connectivity index (χ2n) is 6.28. The molecule has 0 saturated carbocycles. The van der Waals surface area contributed by atoms with Crippen LogP contribution in [-0.4, -0.2) is 19.0 Å². The lowest BCUT2D eigenvalue weighted by Gasteiger charge is -2.22. The highest BCUT2D eigenvalue weighted by Gasteiger charge is 2.20. The van der Waals surface area contributed by atoms with E-state index in [0.29, 0.717) is 6.61 Å². The third kappa shape index (κ3) is 5.48. The van der Waals surface area contributed by atoms with Crippen molar-refractivity contribution in [3.63, 3.8) is 0 Å². The highest BCUT2D eigenvalue weighted by molar-refractivity contribution is 5.92. The quantitative estimate of drug-likeness (QED) is 0.849. The zero-order chi connectivity index (χ0) is 16.8. The average Bonchev–Trinajstić information content (AvgIpc) is 2.62. The molecular formula is C20H25ClN2O2. The minimum Gasteiger partial charge on any atom is -0.489 e. The van der Waals surface area contributed by atoms with Gasteiger partial charge in [-0.25, -0.2) is 0 Å². The van der Waals surface area contributed by atoms with Gasteiger partial charge in [0.1, 0.15) is 12.4 Å². The Kier molecular flexibility index (Phi) is 7.29. The van der Waals surface area contributed by atoms with Crippen LogP contribution in [0.1, 0.15) is 24.0 Å². The Balaban J connectivity index is 0.00000225. The molecule has 25 heavy (non-hydrogen) atoms. The average molecular weight is 361 g/mol. The van der Waals surface area contributed by atoms with E-state index in [1.807, 2.05) is 36.4 Å². The standard InChI is InChI=1S/C20H24N2O2.ClH/c1-15-6-2-3-7-17(15)14-24-19-10-4-9-18(12-19)22-20(23)16-8-5-11-21-13-16;/h2-4,6-7,9-10,12,16,21H,5,8,11,13-14H2,1H3,(H,22,23);1H. The van der Waals surface area contributed by atoms with E-state index in [2.05, 4.69) is 29.7 Å². The Morgan fingerprint density at radius 3 is 2.84 bits per heavy atom. The molecule has 1 saturated heterocycles. The largest absolute Gasteiger partial charge is 0.489 e. The number of piperidine rings is 1. The molecule has 3 rings (SSSR count). The summed E-state index contributed by atoms with van der Waals surface area (Å²) in [6, 6.07) is 15.8. The maximum atomic E-state index is 12.3. The third-order valence-corrected chi connectivity index (χ3v) is 4.42. The Bertz CT molecular complexity index is 700. The molecule has 1 amide bonds. The molecule has 2 N–H and O–H groups in total. The highest BCUT2D eigenvalue weighted by Crippen LogP contribution is 2.21. The van der Waals surface area contributed by atoms with Gasteiger partial charge in [0.05, 0.1) is 5.92 Å². The number of ether oxygens (including phenoxy) is 1. The summed E-state index contributed by atoms with van der Waals surface area (Å²) in [6.45, 7) is 4.37. The van der Waals surface area contributed by atoms with Crippen molar-refractivity contribution in [3.8, 4) is 5.75 Å². The molecule has 1 aliphatic rings. The van der Waals surface area contributed by atoms with Gasteiger partial charge in [-0.2, -0.15) is 0 Å². The van der Waals surface area contributed by atoms with Crippen LogP contribution < -0.4 is 15.4 Å². The number of halogens is 1. The summed E-state index contributed by atoms with van der Waals surface area (Å²) < 4.78 is 5.88. The molecule has 1 unspecified atom stereocenters. The summed E-state index contributed by atoms with van der Waals surface area (Å²) in [4.78, 5) is 12.3. The molecule has 1 atom stereocenters. The zero-order valence-electron chi connectivity index (χ0n) is 14.5. The lowest BCUT2D eigenvalue weighted by Crippen LogP contribution is -2.37. The summed E-state index contributed by atoms with van der Waals surface area (Å²) in [5.74, 6) is 0.895. The SMILES string of the molecule is Cc1ccccc1COc1cccc(NC(=O)C2CCCNC2)c1.Cl. The highest BCUT2D eigenvalue weighted by atomic mass is 35.5. The molecule has 5 heteroatoms. The number of aryl methyl sites for hydroxylation is 1.